The van der Waals surface area contributed by atoms with Gasteiger partial charge in [0.2, 0.25) is 5.78 Å². The van der Waals surface area contributed by atoms with Gasteiger partial charge in [0.1, 0.15) is 0 Å². The Kier molecular flexibility index (Phi) is 3.45. The number of nitrogens with one attached hydrogen (secondary N) is 1. The third-order valence-corrected chi connectivity index (χ3v) is 2.60. The van der Waals surface area contributed by atoms with Crippen LogP contribution < -0.4 is 5.32 Å². The van der Waals surface area contributed by atoms with E-state index in [-0.39, 0.29) is 0 Å². The van der Waals surface area contributed by atoms with Crippen LogP contribution in [0.3, 0.4) is 0 Å². The van der Waals surface area contributed by atoms with Crippen molar-refractivity contribution in [2.45, 2.75) is 13.5 Å². The summed E-state index contributed by atoms with van der Waals surface area (Å²) in [6.45, 7) is 1.59. The summed E-state index contributed by atoms with van der Waals surface area (Å²) in [6.07, 6.45) is 0. The monoisotopic (exact) mass is 217 g/mol. The third-order valence-electron chi connectivity index (χ3n) is 1.37. The van der Waals surface area contributed by atoms with Gasteiger partial charge in [-0.15, -0.1) is 11.3 Å². The maximum absolute atomic E-state index is 10.8. The molecule has 0 atom stereocenters. The highest BCUT2D eigenvalue weighted by molar-refractivity contribution is 7.16. The van der Waals surface area contributed by atoms with E-state index in [2.05, 4.69) is 5.32 Å². The Labute approximate surface area is 84.7 Å². The van der Waals surface area contributed by atoms with Crippen LogP contribution in [0.15, 0.2) is 12.1 Å². The average Bonchev–Trinajstić information content (AvgIpc) is 2.47. The van der Waals surface area contributed by atoms with Crippen molar-refractivity contribution in [3.63, 3.8) is 0 Å². The molecule has 70 valence electrons. The Morgan fingerprint density at radius 3 is 2.69 bits per heavy atom. The molecule has 1 heterocycles. The van der Waals surface area contributed by atoms with Crippen LogP contribution in [-0.2, 0) is 16.1 Å². The molecule has 0 saturated heterocycles. The van der Waals surface area contributed by atoms with Gasteiger partial charge in [0.15, 0.2) is 0 Å². The van der Waals surface area contributed by atoms with E-state index in [1.54, 1.807) is 6.07 Å². The van der Waals surface area contributed by atoms with E-state index in [0.29, 0.717) is 10.9 Å². The van der Waals surface area contributed by atoms with E-state index >= 15 is 0 Å². The Bertz CT molecular complexity index is 335. The lowest BCUT2D eigenvalue weighted by atomic mass is 10.4. The summed E-state index contributed by atoms with van der Waals surface area (Å²) in [6, 6.07) is 3.56. The Balaban J connectivity index is 2.44. The molecule has 13 heavy (non-hydrogen) atoms. The summed E-state index contributed by atoms with van der Waals surface area (Å²) in [7, 11) is 0. The second-order valence-electron chi connectivity index (χ2n) is 2.44. The summed E-state index contributed by atoms with van der Waals surface area (Å²) in [5, 5.41) is 2.48. The van der Waals surface area contributed by atoms with Crippen LogP contribution in [0.25, 0.3) is 0 Å². The number of thiophene rings is 1. The van der Waals surface area contributed by atoms with Crippen LogP contribution in [0.4, 0.5) is 0 Å². The number of amides is 1. The van der Waals surface area contributed by atoms with E-state index in [1.807, 2.05) is 6.07 Å². The quantitative estimate of drug-likeness (QED) is 0.782. The molecule has 1 rings (SSSR count). The zero-order valence-electron chi connectivity index (χ0n) is 6.96. The summed E-state index contributed by atoms with van der Waals surface area (Å²) in [5.74, 6) is -1.05. The predicted octanol–water partition coefficient (Wildman–Crippen LogP) is 1.61. The van der Waals surface area contributed by atoms with E-state index in [1.165, 1.54) is 18.3 Å². The number of carbonyl (C=O) groups excluding carboxylic acids is 2. The fourth-order valence-electron chi connectivity index (χ4n) is 0.739. The number of hydrogen-bond donors (Lipinski definition) is 1. The summed E-state index contributed by atoms with van der Waals surface area (Å²) >= 11 is 7.06. The topological polar surface area (TPSA) is 46.2 Å². The highest BCUT2D eigenvalue weighted by atomic mass is 35.5. The summed E-state index contributed by atoms with van der Waals surface area (Å²) in [4.78, 5) is 22.3. The largest absolute Gasteiger partial charge is 0.345 e. The van der Waals surface area contributed by atoms with Crippen molar-refractivity contribution in [1.82, 2.24) is 5.32 Å². The van der Waals surface area contributed by atoms with Crippen molar-refractivity contribution < 1.29 is 9.59 Å². The average molecular weight is 218 g/mol. The standard InChI is InChI=1S/C8H8ClNO2S/c1-5(11)8(12)10-4-6-2-3-7(9)13-6/h2-3H,4H2,1H3,(H,10,12). The van der Waals surface area contributed by atoms with E-state index in [0.717, 1.165) is 4.88 Å². The highest BCUT2D eigenvalue weighted by Gasteiger charge is 2.06. The van der Waals surface area contributed by atoms with E-state index in [4.69, 9.17) is 11.6 Å². The van der Waals surface area contributed by atoms with Gasteiger partial charge in [-0.3, -0.25) is 9.59 Å². The number of hydrogen-bond acceptors (Lipinski definition) is 3. The minimum absolute atomic E-state index is 0.357. The van der Waals surface area contributed by atoms with Gasteiger partial charge in [0, 0.05) is 11.8 Å². The zero-order chi connectivity index (χ0) is 9.84. The molecule has 1 amide bonds. The molecule has 0 fully saturated rings. The van der Waals surface area contributed by atoms with Gasteiger partial charge in [-0.25, -0.2) is 0 Å². The van der Waals surface area contributed by atoms with Crippen molar-refractivity contribution in [3.8, 4) is 0 Å². The Morgan fingerprint density at radius 2 is 2.23 bits per heavy atom. The summed E-state index contributed by atoms with van der Waals surface area (Å²) in [5.41, 5.74) is 0. The lowest BCUT2D eigenvalue weighted by Gasteiger charge is -1.98. The highest BCUT2D eigenvalue weighted by Crippen LogP contribution is 2.20. The lowest BCUT2D eigenvalue weighted by Crippen LogP contribution is -2.28. The third kappa shape index (κ3) is 3.16. The molecule has 3 nitrogen and oxygen atoms in total. The van der Waals surface area contributed by atoms with Gasteiger partial charge in [-0.2, -0.15) is 0 Å². The minimum Gasteiger partial charge on any atom is -0.345 e. The molecule has 1 aromatic heterocycles. The first-order chi connectivity index (χ1) is 6.09. The van der Waals surface area contributed by atoms with Crippen LogP contribution in [-0.4, -0.2) is 11.7 Å². The van der Waals surface area contributed by atoms with Gasteiger partial charge < -0.3 is 5.32 Å². The fourth-order valence-corrected chi connectivity index (χ4v) is 1.77. The normalized spacial score (nSPS) is 9.69. The smallest absolute Gasteiger partial charge is 0.287 e. The Morgan fingerprint density at radius 1 is 1.54 bits per heavy atom. The number of Topliss-reactive ketones (excluding diaryl/α,β-unsaturated/α-hetero) is 1. The number of rotatable bonds is 3. The van der Waals surface area contributed by atoms with Crippen LogP contribution >= 0.6 is 22.9 Å². The van der Waals surface area contributed by atoms with Crippen molar-refractivity contribution in [2.24, 2.45) is 0 Å². The number of ketones is 1. The van der Waals surface area contributed by atoms with Crippen molar-refractivity contribution in [1.29, 1.82) is 0 Å². The van der Waals surface area contributed by atoms with Crippen LogP contribution in [0, 0.1) is 0 Å². The van der Waals surface area contributed by atoms with Gasteiger partial charge in [0.25, 0.3) is 5.91 Å². The maximum Gasteiger partial charge on any atom is 0.287 e. The van der Waals surface area contributed by atoms with Crippen molar-refractivity contribution >= 4 is 34.6 Å². The molecule has 5 heteroatoms. The SMILES string of the molecule is CC(=O)C(=O)NCc1ccc(Cl)s1. The Hall–Kier alpha value is -0.870. The molecule has 0 spiro atoms. The van der Waals surface area contributed by atoms with Crippen molar-refractivity contribution in [3.05, 3.63) is 21.3 Å². The molecule has 0 aliphatic carbocycles. The van der Waals surface area contributed by atoms with Gasteiger partial charge in [-0.05, 0) is 12.1 Å². The first-order valence-corrected chi connectivity index (χ1v) is 4.82. The van der Waals surface area contributed by atoms with Crippen molar-refractivity contribution in [2.75, 3.05) is 0 Å². The second-order valence-corrected chi connectivity index (χ2v) is 4.24. The maximum atomic E-state index is 10.8. The number of halogens is 1. The minimum atomic E-state index is -0.565. The summed E-state index contributed by atoms with van der Waals surface area (Å²) < 4.78 is 0.673. The van der Waals surface area contributed by atoms with Crippen LogP contribution in [0.2, 0.25) is 4.34 Å². The second kappa shape index (κ2) is 4.39. The fraction of sp³-hybridized carbons (Fsp3) is 0.250. The zero-order valence-corrected chi connectivity index (χ0v) is 8.54. The molecular formula is C8H8ClNO2S. The first kappa shape index (κ1) is 10.2. The molecule has 0 saturated carbocycles. The molecule has 0 bridgehead atoms. The molecular weight excluding hydrogens is 210 g/mol. The number of carbonyl (C=O) groups is 2. The van der Waals surface area contributed by atoms with E-state index in [9.17, 15) is 9.59 Å². The predicted molar refractivity (Wildman–Crippen MR) is 51.9 cm³/mol. The van der Waals surface area contributed by atoms with Gasteiger partial charge >= 0.3 is 0 Å². The molecule has 0 radical (unpaired) electrons. The lowest BCUT2D eigenvalue weighted by molar-refractivity contribution is -0.136. The molecule has 0 unspecified atom stereocenters. The molecule has 0 aliphatic heterocycles. The molecule has 1 N–H and O–H groups in total. The van der Waals surface area contributed by atoms with E-state index < -0.39 is 11.7 Å². The molecule has 0 aliphatic rings. The van der Waals surface area contributed by atoms with Gasteiger partial charge in [0.05, 0.1) is 10.9 Å². The van der Waals surface area contributed by atoms with Crippen LogP contribution in [0.5, 0.6) is 0 Å². The first-order valence-electron chi connectivity index (χ1n) is 3.62. The molecule has 1 aromatic rings. The van der Waals surface area contributed by atoms with Gasteiger partial charge in [-0.1, -0.05) is 11.6 Å². The molecule has 0 aromatic carbocycles. The van der Waals surface area contributed by atoms with Crippen LogP contribution in [0.1, 0.15) is 11.8 Å².